The Morgan fingerprint density at radius 1 is 1.07 bits per heavy atom. The van der Waals surface area contributed by atoms with Gasteiger partial charge in [0.2, 0.25) is 11.8 Å². The van der Waals surface area contributed by atoms with Crippen molar-refractivity contribution in [3.63, 3.8) is 0 Å². The molecule has 0 spiro atoms. The van der Waals surface area contributed by atoms with Gasteiger partial charge in [0, 0.05) is 23.4 Å². The van der Waals surface area contributed by atoms with E-state index >= 15 is 0 Å². The van der Waals surface area contributed by atoms with Crippen molar-refractivity contribution >= 4 is 27.7 Å². The third-order valence-electron chi connectivity index (χ3n) is 5.68. The van der Waals surface area contributed by atoms with Crippen molar-refractivity contribution in [2.24, 2.45) is 0 Å². The number of hydrogen-bond acceptors (Lipinski definition) is 2. The molecule has 0 aliphatic heterocycles. The van der Waals surface area contributed by atoms with Crippen molar-refractivity contribution in [1.29, 1.82) is 0 Å². The summed E-state index contributed by atoms with van der Waals surface area (Å²) in [5.74, 6) is -0.539. The van der Waals surface area contributed by atoms with Gasteiger partial charge in [-0.1, -0.05) is 53.0 Å². The lowest BCUT2D eigenvalue weighted by Gasteiger charge is -2.30. The first kappa shape index (κ1) is 21.5. The molecule has 2 aromatic carbocycles. The summed E-state index contributed by atoms with van der Waals surface area (Å²) >= 11 is 3.40. The van der Waals surface area contributed by atoms with Gasteiger partial charge in [0.05, 0.1) is 12.5 Å². The molecule has 0 bridgehead atoms. The van der Waals surface area contributed by atoms with Gasteiger partial charge in [-0.25, -0.2) is 4.39 Å². The molecule has 29 heavy (non-hydrogen) atoms. The first-order chi connectivity index (χ1) is 13.9. The number of rotatable bonds is 7. The fraction of sp³-hybridized carbons (Fsp3) is 0.391. The van der Waals surface area contributed by atoms with E-state index in [-0.39, 0.29) is 35.5 Å². The maximum absolute atomic E-state index is 13.3. The van der Waals surface area contributed by atoms with Crippen LogP contribution in [0.4, 0.5) is 4.39 Å². The van der Waals surface area contributed by atoms with Gasteiger partial charge in [0.15, 0.2) is 0 Å². The van der Waals surface area contributed by atoms with Crippen LogP contribution >= 0.6 is 15.9 Å². The van der Waals surface area contributed by atoms with Crippen molar-refractivity contribution in [3.8, 4) is 0 Å². The number of hydrogen-bond donors (Lipinski definition) is 2. The predicted octanol–water partition coefficient (Wildman–Crippen LogP) is 4.78. The number of carbonyl (C=O) groups excluding carboxylic acids is 2. The Bertz CT molecular complexity index is 846. The van der Waals surface area contributed by atoms with Crippen molar-refractivity contribution in [1.82, 2.24) is 10.6 Å². The summed E-state index contributed by atoms with van der Waals surface area (Å²) in [6.45, 7) is 1.97. The second kappa shape index (κ2) is 9.53. The third kappa shape index (κ3) is 5.66. The maximum Gasteiger partial charge on any atom is 0.222 e. The van der Waals surface area contributed by atoms with E-state index in [1.807, 2.05) is 36.4 Å². The van der Waals surface area contributed by atoms with Gasteiger partial charge in [0.25, 0.3) is 0 Å². The van der Waals surface area contributed by atoms with Crippen LogP contribution in [0.25, 0.3) is 0 Å². The molecule has 1 aliphatic rings. The summed E-state index contributed by atoms with van der Waals surface area (Å²) in [4.78, 5) is 24.4. The van der Waals surface area contributed by atoms with Crippen LogP contribution in [0.1, 0.15) is 56.2 Å². The second-order valence-electron chi connectivity index (χ2n) is 7.78. The Hall–Kier alpha value is -2.21. The molecule has 0 radical (unpaired) electrons. The minimum Gasteiger partial charge on any atom is -0.355 e. The average molecular weight is 461 g/mol. The van der Waals surface area contributed by atoms with Crippen molar-refractivity contribution in [2.45, 2.75) is 50.5 Å². The van der Waals surface area contributed by atoms with Crippen LogP contribution in [0, 0.1) is 5.82 Å². The molecule has 0 heterocycles. The molecule has 1 atom stereocenters. The average Bonchev–Trinajstić information content (AvgIpc) is 3.17. The van der Waals surface area contributed by atoms with E-state index < -0.39 is 0 Å². The number of halogens is 2. The molecular formula is C23H26BrFN2O2. The van der Waals surface area contributed by atoms with Gasteiger partial charge in [-0.05, 0) is 48.2 Å². The van der Waals surface area contributed by atoms with E-state index in [0.29, 0.717) is 6.54 Å². The van der Waals surface area contributed by atoms with Gasteiger partial charge in [-0.15, -0.1) is 0 Å². The minimum absolute atomic E-state index is 0.111. The molecule has 1 saturated carbocycles. The molecule has 1 unspecified atom stereocenters. The van der Waals surface area contributed by atoms with E-state index in [0.717, 1.165) is 41.3 Å². The third-order valence-corrected chi connectivity index (χ3v) is 6.21. The topological polar surface area (TPSA) is 58.2 Å². The zero-order valence-electron chi connectivity index (χ0n) is 16.5. The fourth-order valence-corrected chi connectivity index (χ4v) is 4.41. The van der Waals surface area contributed by atoms with E-state index in [4.69, 9.17) is 0 Å². The molecule has 2 N–H and O–H groups in total. The van der Waals surface area contributed by atoms with Crippen LogP contribution in [0.15, 0.2) is 53.0 Å². The standard InChI is InChI=1S/C23H26BrFN2O2/c1-16(28)27-21(17-4-8-19(24)9-5-17)14-22(29)26-15-23(12-2-3-13-23)18-6-10-20(25)11-7-18/h4-11,21H,2-3,12-15H2,1H3,(H,26,29)(H,27,28). The Kier molecular flexibility index (Phi) is 7.06. The van der Waals surface area contributed by atoms with Gasteiger partial charge >= 0.3 is 0 Å². The minimum atomic E-state index is -0.383. The molecule has 4 nitrogen and oxygen atoms in total. The summed E-state index contributed by atoms with van der Waals surface area (Å²) in [6, 6.07) is 13.8. The summed E-state index contributed by atoms with van der Waals surface area (Å²) in [5, 5.41) is 5.94. The van der Waals surface area contributed by atoms with Crippen molar-refractivity contribution < 1.29 is 14.0 Å². The maximum atomic E-state index is 13.3. The SMILES string of the molecule is CC(=O)NC(CC(=O)NCC1(c2ccc(F)cc2)CCCC1)c1ccc(Br)cc1. The van der Waals surface area contributed by atoms with E-state index in [9.17, 15) is 14.0 Å². The molecule has 154 valence electrons. The molecule has 0 aromatic heterocycles. The Balaban J connectivity index is 1.68. The highest BCUT2D eigenvalue weighted by atomic mass is 79.9. The largest absolute Gasteiger partial charge is 0.355 e. The van der Waals surface area contributed by atoms with Gasteiger partial charge < -0.3 is 10.6 Å². The normalized spacial score (nSPS) is 16.2. The summed E-state index contributed by atoms with van der Waals surface area (Å²) in [5.41, 5.74) is 1.81. The summed E-state index contributed by atoms with van der Waals surface area (Å²) < 4.78 is 14.3. The Labute approximate surface area is 179 Å². The monoisotopic (exact) mass is 460 g/mol. The highest BCUT2D eigenvalue weighted by Gasteiger charge is 2.36. The van der Waals surface area contributed by atoms with Crippen LogP contribution < -0.4 is 10.6 Å². The first-order valence-electron chi connectivity index (χ1n) is 9.93. The van der Waals surface area contributed by atoms with Crippen LogP contribution in [0.3, 0.4) is 0 Å². The lowest BCUT2D eigenvalue weighted by atomic mass is 9.78. The second-order valence-corrected chi connectivity index (χ2v) is 8.70. The zero-order chi connectivity index (χ0) is 20.9. The smallest absolute Gasteiger partial charge is 0.222 e. The quantitative estimate of drug-likeness (QED) is 0.624. The zero-order valence-corrected chi connectivity index (χ0v) is 18.1. The van der Waals surface area contributed by atoms with E-state index in [1.165, 1.54) is 19.1 Å². The van der Waals surface area contributed by atoms with Crippen molar-refractivity contribution in [3.05, 3.63) is 69.9 Å². The number of carbonyl (C=O) groups is 2. The lowest BCUT2D eigenvalue weighted by molar-refractivity contribution is -0.123. The molecule has 0 saturated heterocycles. The van der Waals surface area contributed by atoms with Crippen LogP contribution in [-0.2, 0) is 15.0 Å². The van der Waals surface area contributed by atoms with Crippen molar-refractivity contribution in [2.75, 3.05) is 6.54 Å². The first-order valence-corrected chi connectivity index (χ1v) is 10.7. The molecular weight excluding hydrogens is 435 g/mol. The van der Waals surface area contributed by atoms with E-state index in [1.54, 1.807) is 0 Å². The summed E-state index contributed by atoms with van der Waals surface area (Å²) in [6.07, 6.45) is 4.31. The molecule has 1 fully saturated rings. The number of nitrogens with one attached hydrogen (secondary N) is 2. The molecule has 3 rings (SSSR count). The van der Waals surface area contributed by atoms with Gasteiger partial charge in [-0.3, -0.25) is 9.59 Å². The van der Waals surface area contributed by atoms with Crippen LogP contribution in [0.5, 0.6) is 0 Å². The Morgan fingerprint density at radius 2 is 1.69 bits per heavy atom. The van der Waals surface area contributed by atoms with E-state index in [2.05, 4.69) is 26.6 Å². The highest BCUT2D eigenvalue weighted by Crippen LogP contribution is 2.40. The Morgan fingerprint density at radius 3 is 2.28 bits per heavy atom. The summed E-state index contributed by atoms with van der Waals surface area (Å²) in [7, 11) is 0. The van der Waals surface area contributed by atoms with Crippen LogP contribution in [-0.4, -0.2) is 18.4 Å². The van der Waals surface area contributed by atoms with Crippen LogP contribution in [0.2, 0.25) is 0 Å². The predicted molar refractivity (Wildman–Crippen MR) is 115 cm³/mol. The molecule has 6 heteroatoms. The van der Waals surface area contributed by atoms with Gasteiger partial charge in [-0.2, -0.15) is 0 Å². The molecule has 2 aromatic rings. The molecule has 1 aliphatic carbocycles. The number of benzene rings is 2. The van der Waals surface area contributed by atoms with Gasteiger partial charge in [0.1, 0.15) is 5.82 Å². The number of amides is 2. The fourth-order valence-electron chi connectivity index (χ4n) is 4.14. The molecule has 2 amide bonds. The highest BCUT2D eigenvalue weighted by molar-refractivity contribution is 9.10. The lowest BCUT2D eigenvalue weighted by Crippen LogP contribution is -2.40.